The highest BCUT2D eigenvalue weighted by Crippen LogP contribution is 2.34. The van der Waals surface area contributed by atoms with E-state index < -0.39 is 5.41 Å². The number of primary amides is 1. The van der Waals surface area contributed by atoms with Crippen LogP contribution in [0.1, 0.15) is 18.9 Å². The number of hydrogen-bond donors (Lipinski definition) is 2. The van der Waals surface area contributed by atoms with Gasteiger partial charge < -0.3 is 16.4 Å². The van der Waals surface area contributed by atoms with E-state index in [9.17, 15) is 4.79 Å². The molecule has 1 atom stereocenters. The van der Waals surface area contributed by atoms with Gasteiger partial charge in [-0.15, -0.1) is 0 Å². The van der Waals surface area contributed by atoms with Crippen molar-refractivity contribution in [1.29, 1.82) is 5.26 Å². The number of nitrogen functional groups attached to an aromatic ring is 1. The van der Waals surface area contributed by atoms with Crippen molar-refractivity contribution in [3.05, 3.63) is 17.8 Å². The maximum absolute atomic E-state index is 11.4. The van der Waals surface area contributed by atoms with Gasteiger partial charge in [-0.05, 0) is 19.4 Å². The Labute approximate surface area is 105 Å². The van der Waals surface area contributed by atoms with Crippen LogP contribution < -0.4 is 16.4 Å². The van der Waals surface area contributed by atoms with E-state index in [1.165, 1.54) is 6.20 Å². The van der Waals surface area contributed by atoms with E-state index in [2.05, 4.69) is 4.98 Å². The number of carbonyl (C=O) groups is 1. The van der Waals surface area contributed by atoms with E-state index in [-0.39, 0.29) is 5.91 Å². The van der Waals surface area contributed by atoms with E-state index in [1.807, 2.05) is 17.9 Å². The quantitative estimate of drug-likeness (QED) is 0.775. The summed E-state index contributed by atoms with van der Waals surface area (Å²) >= 11 is 0. The molecule has 18 heavy (non-hydrogen) atoms. The van der Waals surface area contributed by atoms with Crippen LogP contribution in [0.25, 0.3) is 0 Å². The zero-order chi connectivity index (χ0) is 13.3. The highest BCUT2D eigenvalue weighted by atomic mass is 16.1. The van der Waals surface area contributed by atoms with Crippen molar-refractivity contribution >= 4 is 17.4 Å². The topological polar surface area (TPSA) is 109 Å². The van der Waals surface area contributed by atoms with Gasteiger partial charge in [0.25, 0.3) is 0 Å². The summed E-state index contributed by atoms with van der Waals surface area (Å²) in [6, 6.07) is 3.57. The number of carbonyl (C=O) groups excluding carboxylic acids is 1. The molecule has 2 rings (SSSR count). The van der Waals surface area contributed by atoms with Crippen LogP contribution in [0.15, 0.2) is 12.3 Å². The molecule has 0 bridgehead atoms. The van der Waals surface area contributed by atoms with Crippen LogP contribution in [0.5, 0.6) is 0 Å². The highest BCUT2D eigenvalue weighted by Gasteiger charge is 2.39. The van der Waals surface area contributed by atoms with Gasteiger partial charge in [0.15, 0.2) is 5.82 Å². The molecule has 1 unspecified atom stereocenters. The lowest BCUT2D eigenvalue weighted by molar-refractivity contribution is -0.125. The van der Waals surface area contributed by atoms with Crippen LogP contribution in [0, 0.1) is 16.7 Å². The van der Waals surface area contributed by atoms with Crippen molar-refractivity contribution in [2.24, 2.45) is 11.1 Å². The average molecular weight is 245 g/mol. The molecule has 0 aromatic carbocycles. The lowest BCUT2D eigenvalue weighted by Gasteiger charge is -2.22. The molecule has 1 amide bonds. The zero-order valence-electron chi connectivity index (χ0n) is 10.2. The van der Waals surface area contributed by atoms with Gasteiger partial charge in [-0.3, -0.25) is 4.79 Å². The molecule has 1 aliphatic rings. The van der Waals surface area contributed by atoms with Gasteiger partial charge in [-0.2, -0.15) is 5.26 Å². The Morgan fingerprint density at radius 1 is 1.67 bits per heavy atom. The van der Waals surface area contributed by atoms with Gasteiger partial charge in [-0.25, -0.2) is 4.98 Å². The molecule has 0 spiro atoms. The predicted molar refractivity (Wildman–Crippen MR) is 67.5 cm³/mol. The van der Waals surface area contributed by atoms with Crippen molar-refractivity contribution in [1.82, 2.24) is 4.98 Å². The second-order valence-electron chi connectivity index (χ2n) is 4.85. The van der Waals surface area contributed by atoms with Gasteiger partial charge in [-0.1, -0.05) is 0 Å². The van der Waals surface area contributed by atoms with E-state index in [1.54, 1.807) is 6.07 Å². The summed E-state index contributed by atoms with van der Waals surface area (Å²) in [5.74, 6) is 0.302. The van der Waals surface area contributed by atoms with Crippen molar-refractivity contribution in [3.63, 3.8) is 0 Å². The third-order valence-electron chi connectivity index (χ3n) is 3.39. The van der Waals surface area contributed by atoms with Gasteiger partial charge >= 0.3 is 0 Å². The van der Waals surface area contributed by atoms with Crippen molar-refractivity contribution in [2.75, 3.05) is 23.7 Å². The number of nitrogens with zero attached hydrogens (tertiary/aromatic N) is 3. The van der Waals surface area contributed by atoms with Gasteiger partial charge in [0.2, 0.25) is 5.91 Å². The standard InChI is InChI=1S/C12H15N5O/c1-12(11(15)18)2-3-17(7-12)10-9(14)4-8(5-13)6-16-10/h4,6H,2-3,7,14H2,1H3,(H2,15,18). The monoisotopic (exact) mass is 245 g/mol. The third kappa shape index (κ3) is 1.95. The summed E-state index contributed by atoms with van der Waals surface area (Å²) in [7, 11) is 0. The molecule has 0 saturated carbocycles. The Balaban J connectivity index is 2.25. The highest BCUT2D eigenvalue weighted by molar-refractivity contribution is 5.82. The van der Waals surface area contributed by atoms with E-state index >= 15 is 0 Å². The number of hydrogen-bond acceptors (Lipinski definition) is 5. The molecule has 1 aromatic rings. The lowest BCUT2D eigenvalue weighted by Crippen LogP contribution is -2.37. The molecule has 6 nitrogen and oxygen atoms in total. The Hall–Kier alpha value is -2.29. The molecule has 1 saturated heterocycles. The normalized spacial score (nSPS) is 22.8. The summed E-state index contributed by atoms with van der Waals surface area (Å²) in [6.07, 6.45) is 2.16. The van der Waals surface area contributed by atoms with Crippen molar-refractivity contribution < 1.29 is 4.79 Å². The first-order valence-corrected chi connectivity index (χ1v) is 5.67. The van der Waals surface area contributed by atoms with E-state index in [0.29, 0.717) is 36.6 Å². The maximum atomic E-state index is 11.4. The fraction of sp³-hybridized carbons (Fsp3) is 0.417. The fourth-order valence-corrected chi connectivity index (χ4v) is 2.14. The summed E-state index contributed by atoms with van der Waals surface area (Å²) in [5.41, 5.74) is 11.6. The Kier molecular flexibility index (Phi) is 2.83. The molecule has 0 aliphatic carbocycles. The van der Waals surface area contributed by atoms with Gasteiger partial charge in [0, 0.05) is 19.3 Å². The maximum Gasteiger partial charge on any atom is 0.225 e. The van der Waals surface area contributed by atoms with Crippen molar-refractivity contribution in [2.45, 2.75) is 13.3 Å². The number of aromatic nitrogens is 1. The number of rotatable bonds is 2. The minimum Gasteiger partial charge on any atom is -0.396 e. The molecule has 1 fully saturated rings. The molecule has 94 valence electrons. The van der Waals surface area contributed by atoms with Crippen LogP contribution in [0.2, 0.25) is 0 Å². The van der Waals surface area contributed by atoms with Gasteiger partial charge in [0.05, 0.1) is 16.7 Å². The summed E-state index contributed by atoms with van der Waals surface area (Å²) in [6.45, 7) is 3.03. The van der Waals surface area contributed by atoms with Gasteiger partial charge in [0.1, 0.15) is 6.07 Å². The average Bonchev–Trinajstić information content (AvgIpc) is 2.73. The van der Waals surface area contributed by atoms with Crippen LogP contribution in [0.3, 0.4) is 0 Å². The second-order valence-corrected chi connectivity index (χ2v) is 4.85. The van der Waals surface area contributed by atoms with Crippen LogP contribution in [0.4, 0.5) is 11.5 Å². The number of amides is 1. The fourth-order valence-electron chi connectivity index (χ4n) is 2.14. The summed E-state index contributed by atoms with van der Waals surface area (Å²) in [5, 5.41) is 8.75. The largest absolute Gasteiger partial charge is 0.396 e. The zero-order valence-corrected chi connectivity index (χ0v) is 10.2. The first-order chi connectivity index (χ1) is 8.46. The first-order valence-electron chi connectivity index (χ1n) is 5.67. The number of nitrogens with two attached hydrogens (primary N) is 2. The number of anilines is 2. The number of nitriles is 1. The summed E-state index contributed by atoms with van der Waals surface area (Å²) in [4.78, 5) is 17.5. The summed E-state index contributed by atoms with van der Waals surface area (Å²) < 4.78 is 0. The minimum absolute atomic E-state index is 0.308. The molecule has 0 radical (unpaired) electrons. The van der Waals surface area contributed by atoms with Crippen LogP contribution >= 0.6 is 0 Å². The SMILES string of the molecule is CC1(C(N)=O)CCN(c2ncc(C#N)cc2N)C1. The van der Waals surface area contributed by atoms with Crippen LogP contribution in [-0.4, -0.2) is 24.0 Å². The van der Waals surface area contributed by atoms with Crippen molar-refractivity contribution in [3.8, 4) is 6.07 Å². The Morgan fingerprint density at radius 3 is 2.89 bits per heavy atom. The Morgan fingerprint density at radius 2 is 2.39 bits per heavy atom. The molecule has 6 heteroatoms. The first kappa shape index (κ1) is 12.2. The molecule has 1 aliphatic heterocycles. The molecular weight excluding hydrogens is 230 g/mol. The van der Waals surface area contributed by atoms with E-state index in [4.69, 9.17) is 16.7 Å². The molecule has 2 heterocycles. The van der Waals surface area contributed by atoms with E-state index in [0.717, 1.165) is 0 Å². The minimum atomic E-state index is -0.540. The molecule has 1 aromatic heterocycles. The Bertz CT molecular complexity index is 536. The molecular formula is C12H15N5O. The smallest absolute Gasteiger partial charge is 0.225 e. The lowest BCUT2D eigenvalue weighted by atomic mass is 9.89. The van der Waals surface area contributed by atoms with Crippen LogP contribution in [-0.2, 0) is 4.79 Å². The predicted octanol–water partition coefficient (Wildman–Crippen LogP) is 0.237. The molecule has 4 N–H and O–H groups in total. The third-order valence-corrected chi connectivity index (χ3v) is 3.39. The second kappa shape index (κ2) is 4.18. The number of pyridine rings is 1.